The quantitative estimate of drug-likeness (QED) is 0.541. The van der Waals surface area contributed by atoms with Gasteiger partial charge < -0.3 is 4.74 Å². The van der Waals surface area contributed by atoms with E-state index in [1.54, 1.807) is 0 Å². The van der Waals surface area contributed by atoms with Gasteiger partial charge in [-0.2, -0.15) is 0 Å². The summed E-state index contributed by atoms with van der Waals surface area (Å²) in [5.41, 5.74) is 0.0388. The molecule has 0 aliphatic carbocycles. The first-order chi connectivity index (χ1) is 8.64. The monoisotopic (exact) mass is 268 g/mol. The van der Waals surface area contributed by atoms with Gasteiger partial charge in [0.2, 0.25) is 0 Å². The average molecular weight is 268 g/mol. The zero-order valence-corrected chi connectivity index (χ0v) is 13.2. The largest absolute Gasteiger partial charge is 0.393 e. The van der Waals surface area contributed by atoms with Crippen LogP contribution in [0.5, 0.6) is 0 Å². The lowest BCUT2D eigenvalue weighted by Gasteiger charge is -2.32. The summed E-state index contributed by atoms with van der Waals surface area (Å²) in [6.07, 6.45) is 3.64. The lowest BCUT2D eigenvalue weighted by molar-refractivity contribution is -0.154. The van der Waals surface area contributed by atoms with Crippen molar-refractivity contribution in [3.8, 4) is 0 Å². The maximum atomic E-state index is 12.0. The van der Waals surface area contributed by atoms with E-state index in [4.69, 9.17) is 4.74 Å². The predicted octanol–water partition coefficient (Wildman–Crippen LogP) is 3.95. The van der Waals surface area contributed by atoms with Gasteiger partial charge in [-0.1, -0.05) is 54.4 Å². The number of ether oxygens (including phenoxy) is 1. The van der Waals surface area contributed by atoms with Gasteiger partial charge >= 0.3 is 11.9 Å². The van der Waals surface area contributed by atoms with Gasteiger partial charge in [-0.05, 0) is 23.7 Å². The summed E-state index contributed by atoms with van der Waals surface area (Å²) in [6, 6.07) is 0. The number of hydrogen-bond acceptors (Lipinski definition) is 3. The van der Waals surface area contributed by atoms with E-state index in [0.717, 1.165) is 25.7 Å². The number of hydrogen-bond donors (Lipinski definition) is 0. The van der Waals surface area contributed by atoms with Crippen LogP contribution >= 0.6 is 0 Å². The Morgan fingerprint density at radius 1 is 1.00 bits per heavy atom. The summed E-state index contributed by atoms with van der Waals surface area (Å²) in [5.74, 6) is -1.18. The van der Waals surface area contributed by atoms with Crippen molar-refractivity contribution in [3.63, 3.8) is 0 Å². The minimum absolute atomic E-state index is 0.176. The molecule has 0 bridgehead atoms. The van der Waals surface area contributed by atoms with E-state index >= 15 is 0 Å². The Bertz CT molecular complexity index is 355. The normalized spacial score (nSPS) is 24.7. The summed E-state index contributed by atoms with van der Waals surface area (Å²) >= 11 is 0. The van der Waals surface area contributed by atoms with E-state index in [1.807, 2.05) is 0 Å². The summed E-state index contributed by atoms with van der Waals surface area (Å²) in [4.78, 5) is 23.9. The van der Waals surface area contributed by atoms with Crippen LogP contribution in [0.3, 0.4) is 0 Å². The summed E-state index contributed by atoms with van der Waals surface area (Å²) in [6.45, 7) is 12.7. The zero-order valence-electron chi connectivity index (χ0n) is 13.2. The Labute approximate surface area is 117 Å². The second-order valence-corrected chi connectivity index (χ2v) is 7.22. The minimum atomic E-state index is -0.323. The van der Waals surface area contributed by atoms with Crippen molar-refractivity contribution in [3.05, 3.63) is 0 Å². The zero-order chi connectivity index (χ0) is 14.8. The van der Waals surface area contributed by atoms with Crippen LogP contribution in [0.25, 0.3) is 0 Å². The Hall–Kier alpha value is -0.860. The van der Waals surface area contributed by atoms with E-state index < -0.39 is 0 Å². The SMILES string of the molecule is CCC(C)(C)CCC1C(=O)OC(=O)C1C(C)(C)CC. The maximum Gasteiger partial charge on any atom is 0.318 e. The first-order valence-corrected chi connectivity index (χ1v) is 7.40. The van der Waals surface area contributed by atoms with Crippen LogP contribution in [0.15, 0.2) is 0 Å². The minimum Gasteiger partial charge on any atom is -0.393 e. The molecule has 1 saturated heterocycles. The molecule has 1 heterocycles. The molecule has 2 unspecified atom stereocenters. The van der Waals surface area contributed by atoms with E-state index in [2.05, 4.69) is 41.5 Å². The molecule has 0 spiro atoms. The molecule has 1 aliphatic heterocycles. The molecule has 0 saturated carbocycles. The molecule has 1 aliphatic rings. The van der Waals surface area contributed by atoms with Crippen LogP contribution in [-0.4, -0.2) is 11.9 Å². The molecule has 0 radical (unpaired) electrons. The van der Waals surface area contributed by atoms with Crippen molar-refractivity contribution in [1.29, 1.82) is 0 Å². The summed E-state index contributed by atoms with van der Waals surface area (Å²) in [7, 11) is 0. The highest BCUT2D eigenvalue weighted by molar-refractivity contribution is 5.96. The molecule has 2 atom stereocenters. The van der Waals surface area contributed by atoms with Gasteiger partial charge in [0.1, 0.15) is 0 Å². The van der Waals surface area contributed by atoms with Crippen LogP contribution in [0.1, 0.15) is 67.2 Å². The molecule has 0 aromatic rings. The molecule has 1 fully saturated rings. The number of cyclic esters (lactones) is 2. The van der Waals surface area contributed by atoms with Gasteiger partial charge in [-0.15, -0.1) is 0 Å². The molecule has 0 N–H and O–H groups in total. The van der Waals surface area contributed by atoms with Crippen molar-refractivity contribution < 1.29 is 14.3 Å². The fourth-order valence-corrected chi connectivity index (χ4v) is 2.63. The highest BCUT2D eigenvalue weighted by Gasteiger charge is 2.50. The third kappa shape index (κ3) is 3.58. The second kappa shape index (κ2) is 5.64. The summed E-state index contributed by atoms with van der Waals surface area (Å²) < 4.78 is 4.90. The Morgan fingerprint density at radius 2 is 1.58 bits per heavy atom. The fourth-order valence-electron chi connectivity index (χ4n) is 2.63. The molecular weight excluding hydrogens is 240 g/mol. The van der Waals surface area contributed by atoms with Gasteiger partial charge in [0.25, 0.3) is 0 Å². The van der Waals surface area contributed by atoms with E-state index in [9.17, 15) is 9.59 Å². The third-order valence-electron chi connectivity index (χ3n) is 5.00. The molecule has 110 valence electrons. The topological polar surface area (TPSA) is 43.4 Å². The molecule has 3 heteroatoms. The van der Waals surface area contributed by atoms with Crippen LogP contribution in [0, 0.1) is 22.7 Å². The number of carbonyl (C=O) groups is 2. The smallest absolute Gasteiger partial charge is 0.318 e. The van der Waals surface area contributed by atoms with Gasteiger partial charge in [0.05, 0.1) is 11.8 Å². The van der Waals surface area contributed by atoms with E-state index in [0.29, 0.717) is 0 Å². The van der Waals surface area contributed by atoms with Crippen molar-refractivity contribution in [2.75, 3.05) is 0 Å². The molecule has 1 rings (SSSR count). The Kier molecular flexibility index (Phi) is 4.81. The molecule has 0 aromatic heterocycles. The standard InChI is InChI=1S/C16H28O3/c1-7-15(3,4)10-9-11-12(16(5,6)8-2)14(18)19-13(11)17/h11-12H,7-10H2,1-6H3. The van der Waals surface area contributed by atoms with Gasteiger partial charge in [-0.3, -0.25) is 9.59 Å². The van der Waals surface area contributed by atoms with Crippen LogP contribution < -0.4 is 0 Å². The molecule has 19 heavy (non-hydrogen) atoms. The lowest BCUT2D eigenvalue weighted by Crippen LogP contribution is -2.33. The molecular formula is C16H28O3. The van der Waals surface area contributed by atoms with Gasteiger partial charge in [-0.25, -0.2) is 0 Å². The first kappa shape index (κ1) is 16.2. The summed E-state index contributed by atoms with van der Waals surface area (Å²) in [5, 5.41) is 0. The first-order valence-electron chi connectivity index (χ1n) is 7.40. The highest BCUT2D eigenvalue weighted by atomic mass is 16.6. The molecule has 3 nitrogen and oxygen atoms in total. The van der Waals surface area contributed by atoms with Crippen molar-refractivity contribution >= 4 is 11.9 Å². The van der Waals surface area contributed by atoms with Crippen molar-refractivity contribution in [2.45, 2.75) is 67.2 Å². The van der Waals surface area contributed by atoms with Crippen LogP contribution in [0.4, 0.5) is 0 Å². The van der Waals surface area contributed by atoms with E-state index in [-0.39, 0.29) is 34.6 Å². The Balaban J connectivity index is 2.84. The van der Waals surface area contributed by atoms with Crippen molar-refractivity contribution in [2.24, 2.45) is 22.7 Å². The number of carbonyl (C=O) groups excluding carboxylic acids is 2. The molecule has 0 aromatic carbocycles. The van der Waals surface area contributed by atoms with Crippen LogP contribution in [0.2, 0.25) is 0 Å². The third-order valence-corrected chi connectivity index (χ3v) is 5.00. The van der Waals surface area contributed by atoms with Crippen LogP contribution in [-0.2, 0) is 14.3 Å². The average Bonchev–Trinajstić information content (AvgIpc) is 2.62. The lowest BCUT2D eigenvalue weighted by atomic mass is 9.69. The maximum absolute atomic E-state index is 12.0. The second-order valence-electron chi connectivity index (χ2n) is 7.22. The number of rotatable bonds is 6. The fraction of sp³-hybridized carbons (Fsp3) is 0.875. The van der Waals surface area contributed by atoms with Gasteiger partial charge in [0.15, 0.2) is 0 Å². The Morgan fingerprint density at radius 3 is 2.05 bits per heavy atom. The van der Waals surface area contributed by atoms with Crippen molar-refractivity contribution in [1.82, 2.24) is 0 Å². The van der Waals surface area contributed by atoms with E-state index in [1.165, 1.54) is 0 Å². The number of esters is 2. The highest BCUT2D eigenvalue weighted by Crippen LogP contribution is 2.44. The predicted molar refractivity (Wildman–Crippen MR) is 75.5 cm³/mol. The van der Waals surface area contributed by atoms with Gasteiger partial charge in [0, 0.05) is 0 Å². The molecule has 0 amide bonds.